The van der Waals surface area contributed by atoms with Crippen LogP contribution in [0.25, 0.3) is 0 Å². The second-order valence-corrected chi connectivity index (χ2v) is 2.61. The molecule has 84 valence electrons. The number of hydrogen-bond donors (Lipinski definition) is 0. The Balaban J connectivity index is 5.18. The van der Waals surface area contributed by atoms with Crippen molar-refractivity contribution in [2.24, 2.45) is 0 Å². The molecule has 0 aromatic rings. The lowest BCUT2D eigenvalue weighted by molar-refractivity contribution is -0.277. The molecule has 0 aromatic carbocycles. The number of hydrogen-bond acceptors (Lipinski definition) is 2. The lowest BCUT2D eigenvalue weighted by Gasteiger charge is -2.26. The second kappa shape index (κ2) is 3.48. The van der Waals surface area contributed by atoms with Gasteiger partial charge in [0, 0.05) is 0 Å². The van der Waals surface area contributed by atoms with Gasteiger partial charge in [-0.1, -0.05) is 0 Å². The Morgan fingerprint density at radius 3 is 1.71 bits per heavy atom. The standard InChI is InChI=1S/C5H3ClF6O2/c1-14-2(13)3(7,8)4(9,10)5(6,11)12/h1H3. The molecule has 9 heteroatoms. The maximum atomic E-state index is 12.3. The fourth-order valence-electron chi connectivity index (χ4n) is 0.434. The fourth-order valence-corrected chi connectivity index (χ4v) is 0.553. The van der Waals surface area contributed by atoms with Gasteiger partial charge in [0.15, 0.2) is 0 Å². The SMILES string of the molecule is COC(=O)C(F)(F)C(F)(F)C(F)(F)Cl. The highest BCUT2D eigenvalue weighted by Crippen LogP contribution is 2.48. The van der Waals surface area contributed by atoms with Crippen molar-refractivity contribution < 1.29 is 35.9 Å². The summed E-state index contributed by atoms with van der Waals surface area (Å²) >= 11 is 3.74. The van der Waals surface area contributed by atoms with Gasteiger partial charge in [-0.25, -0.2) is 4.79 Å². The Labute approximate surface area is 78.8 Å². The van der Waals surface area contributed by atoms with Crippen molar-refractivity contribution in [3.8, 4) is 0 Å². The Bertz CT molecular complexity index is 235. The van der Waals surface area contributed by atoms with Crippen LogP contribution in [0.5, 0.6) is 0 Å². The Morgan fingerprint density at radius 1 is 1.14 bits per heavy atom. The zero-order valence-electron chi connectivity index (χ0n) is 6.46. The summed E-state index contributed by atoms with van der Waals surface area (Å²) < 4.78 is 75.9. The topological polar surface area (TPSA) is 26.3 Å². The van der Waals surface area contributed by atoms with Crippen LogP contribution in [0.15, 0.2) is 0 Å². The first-order chi connectivity index (χ1) is 5.98. The van der Waals surface area contributed by atoms with Crippen LogP contribution in [0.4, 0.5) is 26.3 Å². The van der Waals surface area contributed by atoms with Gasteiger partial charge in [-0.05, 0) is 11.6 Å². The number of carbonyl (C=O) groups is 1. The van der Waals surface area contributed by atoms with Crippen molar-refractivity contribution in [2.75, 3.05) is 7.11 Å². The van der Waals surface area contributed by atoms with Gasteiger partial charge in [0.2, 0.25) is 0 Å². The number of esters is 1. The van der Waals surface area contributed by atoms with Crippen LogP contribution in [0.3, 0.4) is 0 Å². The third-order valence-electron chi connectivity index (χ3n) is 1.19. The normalized spacial score (nSPS) is 14.0. The number of ether oxygens (including phenoxy) is 1. The molecule has 0 saturated carbocycles. The molecule has 0 saturated heterocycles. The van der Waals surface area contributed by atoms with E-state index in [2.05, 4.69) is 16.3 Å². The van der Waals surface area contributed by atoms with Crippen molar-refractivity contribution in [1.29, 1.82) is 0 Å². The molecule has 0 N–H and O–H groups in total. The minimum absolute atomic E-state index is 0.346. The molecule has 0 aliphatic rings. The summed E-state index contributed by atoms with van der Waals surface area (Å²) in [5, 5.41) is -5.55. The van der Waals surface area contributed by atoms with Gasteiger partial charge >= 0.3 is 23.2 Å². The average molecular weight is 245 g/mol. The maximum Gasteiger partial charge on any atom is 0.412 e. The molecule has 0 heterocycles. The van der Waals surface area contributed by atoms with Crippen LogP contribution >= 0.6 is 11.6 Å². The Morgan fingerprint density at radius 2 is 1.50 bits per heavy atom. The fraction of sp³-hybridized carbons (Fsp3) is 0.800. The van der Waals surface area contributed by atoms with Gasteiger partial charge in [0.1, 0.15) is 0 Å². The molecule has 0 atom stereocenters. The first-order valence-electron chi connectivity index (χ1n) is 2.89. The van der Waals surface area contributed by atoms with E-state index < -0.39 is 23.2 Å². The summed E-state index contributed by atoms with van der Waals surface area (Å²) in [6.45, 7) is 0. The highest BCUT2D eigenvalue weighted by Gasteiger charge is 2.75. The van der Waals surface area contributed by atoms with Gasteiger partial charge in [-0.15, -0.1) is 0 Å². The van der Waals surface area contributed by atoms with E-state index in [4.69, 9.17) is 0 Å². The number of rotatable bonds is 3. The van der Waals surface area contributed by atoms with E-state index in [1.807, 2.05) is 0 Å². The molecule has 0 rings (SSSR count). The van der Waals surface area contributed by atoms with Crippen LogP contribution < -0.4 is 0 Å². The molecule has 0 amide bonds. The monoisotopic (exact) mass is 244 g/mol. The molecule has 0 bridgehead atoms. The summed E-state index contributed by atoms with van der Waals surface area (Å²) in [5.74, 6) is -14.5. The first kappa shape index (κ1) is 13.3. The van der Waals surface area contributed by atoms with Gasteiger partial charge in [-0.3, -0.25) is 0 Å². The Hall–Kier alpha value is -0.660. The van der Waals surface area contributed by atoms with Crippen molar-refractivity contribution in [1.82, 2.24) is 0 Å². The summed E-state index contributed by atoms with van der Waals surface area (Å²) in [6, 6.07) is 0. The summed E-state index contributed by atoms with van der Waals surface area (Å²) in [6.07, 6.45) is 0. The van der Waals surface area contributed by atoms with Gasteiger partial charge in [0.05, 0.1) is 7.11 Å². The average Bonchev–Trinajstić information content (AvgIpc) is 2.00. The van der Waals surface area contributed by atoms with E-state index in [0.29, 0.717) is 7.11 Å². The first-order valence-corrected chi connectivity index (χ1v) is 3.27. The van der Waals surface area contributed by atoms with E-state index in [1.165, 1.54) is 0 Å². The van der Waals surface area contributed by atoms with Crippen molar-refractivity contribution >= 4 is 17.6 Å². The maximum absolute atomic E-state index is 12.3. The van der Waals surface area contributed by atoms with Crippen LogP contribution in [0.1, 0.15) is 0 Å². The predicted octanol–water partition coefficient (Wildman–Crippen LogP) is 2.26. The van der Waals surface area contributed by atoms with E-state index in [9.17, 15) is 31.1 Å². The molecule has 0 unspecified atom stereocenters. The van der Waals surface area contributed by atoms with E-state index in [0.717, 1.165) is 0 Å². The second-order valence-electron chi connectivity index (χ2n) is 2.14. The van der Waals surface area contributed by atoms with Crippen LogP contribution in [-0.2, 0) is 9.53 Å². The molecular weight excluding hydrogens is 241 g/mol. The lowest BCUT2D eigenvalue weighted by Crippen LogP contribution is -2.56. The molecule has 0 aromatic heterocycles. The van der Waals surface area contributed by atoms with Crippen molar-refractivity contribution in [3.63, 3.8) is 0 Å². The summed E-state index contributed by atoms with van der Waals surface area (Å²) in [4.78, 5) is 10.1. The van der Waals surface area contributed by atoms with Crippen LogP contribution in [0, 0.1) is 0 Å². The zero-order valence-corrected chi connectivity index (χ0v) is 7.22. The Kier molecular flexibility index (Phi) is 3.32. The molecule has 0 spiro atoms. The molecule has 14 heavy (non-hydrogen) atoms. The highest BCUT2D eigenvalue weighted by atomic mass is 35.5. The molecule has 0 fully saturated rings. The number of alkyl halides is 7. The smallest absolute Gasteiger partial charge is 0.412 e. The van der Waals surface area contributed by atoms with Crippen molar-refractivity contribution in [3.05, 3.63) is 0 Å². The minimum atomic E-state index is -6.02. The third kappa shape index (κ3) is 1.89. The molecule has 0 aliphatic heterocycles. The van der Waals surface area contributed by atoms with E-state index in [-0.39, 0.29) is 0 Å². The molecule has 0 aliphatic carbocycles. The van der Waals surface area contributed by atoms with Gasteiger partial charge in [0.25, 0.3) is 0 Å². The number of carbonyl (C=O) groups excluding carboxylic acids is 1. The summed E-state index contributed by atoms with van der Waals surface area (Å²) in [5.41, 5.74) is 0. The summed E-state index contributed by atoms with van der Waals surface area (Å²) in [7, 11) is 0.346. The predicted molar refractivity (Wildman–Crippen MR) is 32.7 cm³/mol. The quantitative estimate of drug-likeness (QED) is 0.432. The van der Waals surface area contributed by atoms with Gasteiger partial charge in [-0.2, -0.15) is 26.3 Å². The van der Waals surface area contributed by atoms with E-state index >= 15 is 0 Å². The number of methoxy groups -OCH3 is 1. The molecule has 0 radical (unpaired) electrons. The number of halogens is 7. The lowest BCUT2D eigenvalue weighted by atomic mass is 10.2. The van der Waals surface area contributed by atoms with E-state index in [1.54, 1.807) is 0 Å². The van der Waals surface area contributed by atoms with Gasteiger partial charge < -0.3 is 4.74 Å². The highest BCUT2D eigenvalue weighted by molar-refractivity contribution is 6.22. The van der Waals surface area contributed by atoms with Crippen molar-refractivity contribution in [2.45, 2.75) is 17.2 Å². The zero-order chi connectivity index (χ0) is 11.8. The largest absolute Gasteiger partial charge is 0.464 e. The van der Waals surface area contributed by atoms with Crippen LogP contribution in [-0.4, -0.2) is 30.3 Å². The van der Waals surface area contributed by atoms with Crippen LogP contribution in [0.2, 0.25) is 0 Å². The molecule has 2 nitrogen and oxygen atoms in total. The minimum Gasteiger partial charge on any atom is -0.464 e. The third-order valence-corrected chi connectivity index (χ3v) is 1.43. The molecular formula is C5H3ClF6O2.